The van der Waals surface area contributed by atoms with Crippen molar-refractivity contribution >= 4 is 24.4 Å². The van der Waals surface area contributed by atoms with Gasteiger partial charge in [0.2, 0.25) is 5.91 Å². The Kier molecular flexibility index (Phi) is 7.85. The van der Waals surface area contributed by atoms with Crippen LogP contribution in [0.1, 0.15) is 48.9 Å². The van der Waals surface area contributed by atoms with Crippen LogP contribution in [0.3, 0.4) is 0 Å². The number of aromatic nitrogens is 2. The number of carbonyl (C=O) groups is 4. The number of carbonyl (C=O) groups excluding carboxylic acids is 3. The van der Waals surface area contributed by atoms with E-state index in [9.17, 15) is 14.4 Å². The van der Waals surface area contributed by atoms with E-state index in [1.807, 2.05) is 4.90 Å². The number of ether oxygens (including phenoxy) is 1. The number of cyclic esters (lactones) is 1. The highest BCUT2D eigenvalue weighted by molar-refractivity contribution is 5.93. The number of likely N-dealkylation sites (tertiary alicyclic amines) is 1. The molecule has 1 aliphatic carbocycles. The fraction of sp³-hybridized carbons (Fsp3) is 0.650. The molecule has 3 amide bonds. The van der Waals surface area contributed by atoms with E-state index in [1.165, 1.54) is 6.20 Å². The van der Waals surface area contributed by atoms with Gasteiger partial charge in [0.25, 0.3) is 12.4 Å². The van der Waals surface area contributed by atoms with Gasteiger partial charge in [0.05, 0.1) is 18.3 Å². The summed E-state index contributed by atoms with van der Waals surface area (Å²) in [7, 11) is 0. The maximum Gasteiger partial charge on any atom is 0.410 e. The van der Waals surface area contributed by atoms with Crippen molar-refractivity contribution in [1.29, 1.82) is 0 Å². The summed E-state index contributed by atoms with van der Waals surface area (Å²) < 4.78 is 5.02. The van der Waals surface area contributed by atoms with Gasteiger partial charge in [-0.05, 0) is 38.5 Å². The van der Waals surface area contributed by atoms with E-state index in [0.717, 1.165) is 38.5 Å². The van der Waals surface area contributed by atoms with Gasteiger partial charge in [0, 0.05) is 37.3 Å². The van der Waals surface area contributed by atoms with Crippen molar-refractivity contribution in [1.82, 2.24) is 25.3 Å². The number of H-pyrrole nitrogens is 1. The summed E-state index contributed by atoms with van der Waals surface area (Å²) in [5.41, 5.74) is 0.531. The quantitative estimate of drug-likeness (QED) is 0.594. The van der Waals surface area contributed by atoms with Crippen LogP contribution < -0.4 is 5.32 Å². The first kappa shape index (κ1) is 22.6. The molecule has 0 atom stereocenters. The van der Waals surface area contributed by atoms with Crippen molar-refractivity contribution in [3.05, 3.63) is 18.0 Å². The SMILES string of the molecule is O=C(NC1CCC(C(=O)N2CCC(N3CCOC3=O)CC2)CC1)c1cn[nH]c1.O=CO. The van der Waals surface area contributed by atoms with Crippen molar-refractivity contribution in [2.45, 2.75) is 50.6 Å². The van der Waals surface area contributed by atoms with E-state index in [2.05, 4.69) is 15.5 Å². The molecular weight excluding hydrogens is 406 g/mol. The van der Waals surface area contributed by atoms with Gasteiger partial charge in [-0.25, -0.2) is 4.79 Å². The average Bonchev–Trinajstić information content (AvgIpc) is 3.47. The van der Waals surface area contributed by atoms with Crippen LogP contribution in [-0.2, 0) is 14.3 Å². The van der Waals surface area contributed by atoms with E-state index in [0.29, 0.717) is 31.8 Å². The molecule has 0 radical (unpaired) electrons. The van der Waals surface area contributed by atoms with Crippen LogP contribution in [-0.4, -0.2) is 87.8 Å². The number of rotatable bonds is 4. The standard InChI is InChI=1S/C19H27N5O4.CH2O2/c25-17(14-11-20-21-12-14)22-15-3-1-13(2-4-15)18(26)23-7-5-16(6-8-23)24-9-10-28-19(24)27;2-1-3/h11-13,15-16H,1-10H2,(H,20,21)(H,22,25);1H,(H,2,3). The molecule has 11 heteroatoms. The second-order valence-electron chi connectivity index (χ2n) is 7.98. The van der Waals surface area contributed by atoms with E-state index < -0.39 is 0 Å². The Morgan fingerprint density at radius 3 is 2.39 bits per heavy atom. The molecule has 31 heavy (non-hydrogen) atoms. The molecule has 3 aliphatic rings. The molecule has 3 heterocycles. The van der Waals surface area contributed by atoms with Crippen LogP contribution in [0.4, 0.5) is 4.79 Å². The molecule has 2 aliphatic heterocycles. The van der Waals surface area contributed by atoms with Crippen LogP contribution in [0.2, 0.25) is 0 Å². The van der Waals surface area contributed by atoms with E-state index in [1.54, 1.807) is 11.1 Å². The van der Waals surface area contributed by atoms with Crippen molar-refractivity contribution in [2.24, 2.45) is 5.92 Å². The molecule has 1 aromatic heterocycles. The molecule has 0 spiro atoms. The third-order valence-corrected chi connectivity index (χ3v) is 6.18. The minimum atomic E-state index is -0.250. The molecule has 1 aromatic rings. The lowest BCUT2D eigenvalue weighted by Crippen LogP contribution is -2.49. The lowest BCUT2D eigenvalue weighted by atomic mass is 9.84. The first-order valence-corrected chi connectivity index (χ1v) is 10.6. The Morgan fingerprint density at radius 1 is 1.16 bits per heavy atom. The summed E-state index contributed by atoms with van der Waals surface area (Å²) in [5, 5.41) is 16.4. The molecule has 2 saturated heterocycles. The van der Waals surface area contributed by atoms with Crippen LogP contribution in [0.15, 0.2) is 12.4 Å². The van der Waals surface area contributed by atoms with Gasteiger partial charge in [-0.3, -0.25) is 19.5 Å². The van der Waals surface area contributed by atoms with Gasteiger partial charge in [-0.1, -0.05) is 0 Å². The average molecular weight is 435 g/mol. The summed E-state index contributed by atoms with van der Waals surface area (Å²) in [6.45, 7) is 2.28. The lowest BCUT2D eigenvalue weighted by molar-refractivity contribution is -0.138. The Balaban J connectivity index is 0.000000858. The molecule has 3 N–H and O–H groups in total. The van der Waals surface area contributed by atoms with Gasteiger partial charge in [-0.15, -0.1) is 0 Å². The third-order valence-electron chi connectivity index (χ3n) is 6.18. The minimum Gasteiger partial charge on any atom is -0.483 e. The van der Waals surface area contributed by atoms with Crippen molar-refractivity contribution in [3.8, 4) is 0 Å². The zero-order valence-corrected chi connectivity index (χ0v) is 17.4. The fourth-order valence-corrected chi connectivity index (χ4v) is 4.52. The Bertz CT molecular complexity index is 754. The second kappa shape index (κ2) is 10.8. The summed E-state index contributed by atoms with van der Waals surface area (Å²) in [4.78, 5) is 48.8. The summed E-state index contributed by atoms with van der Waals surface area (Å²) >= 11 is 0. The summed E-state index contributed by atoms with van der Waals surface area (Å²) in [6, 6.07) is 0.297. The highest BCUT2D eigenvalue weighted by atomic mass is 16.6. The molecule has 0 aromatic carbocycles. The zero-order chi connectivity index (χ0) is 22.2. The van der Waals surface area contributed by atoms with E-state index in [4.69, 9.17) is 14.6 Å². The number of amides is 3. The molecule has 0 bridgehead atoms. The van der Waals surface area contributed by atoms with Crippen LogP contribution >= 0.6 is 0 Å². The molecule has 1 saturated carbocycles. The predicted molar refractivity (Wildman–Crippen MR) is 108 cm³/mol. The topological polar surface area (TPSA) is 145 Å². The fourth-order valence-electron chi connectivity index (χ4n) is 4.52. The molecule has 3 fully saturated rings. The Morgan fingerprint density at radius 2 is 1.84 bits per heavy atom. The first-order chi connectivity index (χ1) is 15.0. The molecule has 170 valence electrons. The molecule has 4 rings (SSSR count). The smallest absolute Gasteiger partial charge is 0.410 e. The van der Waals surface area contributed by atoms with E-state index >= 15 is 0 Å². The molecular formula is C20H29N5O6. The number of piperidine rings is 1. The van der Waals surface area contributed by atoms with Gasteiger partial charge >= 0.3 is 6.09 Å². The molecule has 11 nitrogen and oxygen atoms in total. The highest BCUT2D eigenvalue weighted by Crippen LogP contribution is 2.28. The Hall–Kier alpha value is -3.11. The first-order valence-electron chi connectivity index (χ1n) is 10.6. The van der Waals surface area contributed by atoms with Gasteiger partial charge in [0.1, 0.15) is 6.61 Å². The monoisotopic (exact) mass is 435 g/mol. The van der Waals surface area contributed by atoms with Crippen molar-refractivity contribution < 1.29 is 29.0 Å². The van der Waals surface area contributed by atoms with Crippen molar-refractivity contribution in [3.63, 3.8) is 0 Å². The largest absolute Gasteiger partial charge is 0.483 e. The van der Waals surface area contributed by atoms with Gasteiger partial charge in [0.15, 0.2) is 0 Å². The van der Waals surface area contributed by atoms with Crippen molar-refractivity contribution in [2.75, 3.05) is 26.2 Å². The minimum absolute atomic E-state index is 0.0374. The van der Waals surface area contributed by atoms with Crippen LogP contribution in [0, 0.1) is 5.92 Å². The number of aromatic amines is 1. The number of hydrogen-bond acceptors (Lipinski definition) is 6. The number of nitrogens with zero attached hydrogens (tertiary/aromatic N) is 3. The number of hydrogen-bond donors (Lipinski definition) is 3. The van der Waals surface area contributed by atoms with Gasteiger partial charge in [-0.2, -0.15) is 5.10 Å². The predicted octanol–water partition coefficient (Wildman–Crippen LogP) is 0.842. The number of nitrogens with one attached hydrogen (secondary N) is 2. The van der Waals surface area contributed by atoms with Gasteiger partial charge < -0.3 is 25.0 Å². The maximum atomic E-state index is 12.9. The highest BCUT2D eigenvalue weighted by Gasteiger charge is 2.36. The van der Waals surface area contributed by atoms with Crippen LogP contribution in [0.5, 0.6) is 0 Å². The number of carboxylic acid groups (broad SMARTS) is 1. The van der Waals surface area contributed by atoms with Crippen LogP contribution in [0.25, 0.3) is 0 Å². The lowest BCUT2D eigenvalue weighted by Gasteiger charge is -2.38. The third kappa shape index (κ3) is 5.74. The molecule has 0 unspecified atom stereocenters. The van der Waals surface area contributed by atoms with E-state index in [-0.39, 0.29) is 42.4 Å². The second-order valence-corrected chi connectivity index (χ2v) is 7.98. The zero-order valence-electron chi connectivity index (χ0n) is 17.4. The Labute approximate surface area is 180 Å². The summed E-state index contributed by atoms with van der Waals surface area (Å²) in [6.07, 6.45) is 7.73. The normalized spacial score (nSPS) is 24.1. The summed E-state index contributed by atoms with van der Waals surface area (Å²) in [5.74, 6) is 0.142. The maximum absolute atomic E-state index is 12.9.